The van der Waals surface area contributed by atoms with Gasteiger partial charge in [-0.15, -0.1) is 0 Å². The van der Waals surface area contributed by atoms with Gasteiger partial charge in [-0.1, -0.05) is 12.1 Å². The number of carbonyl (C=O) groups excluding carboxylic acids is 3. The van der Waals surface area contributed by atoms with Crippen LogP contribution < -0.4 is 15.4 Å². The zero-order valence-electron chi connectivity index (χ0n) is 14.2. The molecule has 0 spiro atoms. The molecule has 25 heavy (non-hydrogen) atoms. The standard InChI is InChI=1S/C19H20N2O4/c1-3-25-17-9-7-15(8-10-17)20-18(23)12-19(24)21-16-6-4-5-14(11-16)13(2)22/h4-11H,3,12H2,1-2H3,(H,20,23)(H,21,24). The van der Waals surface area contributed by atoms with Crippen LogP contribution in [-0.2, 0) is 9.59 Å². The van der Waals surface area contributed by atoms with Crippen LogP contribution >= 0.6 is 0 Å². The van der Waals surface area contributed by atoms with Gasteiger partial charge >= 0.3 is 0 Å². The van der Waals surface area contributed by atoms with Crippen molar-refractivity contribution in [2.24, 2.45) is 0 Å². The van der Waals surface area contributed by atoms with Crippen molar-refractivity contribution in [3.05, 3.63) is 54.1 Å². The molecule has 0 aromatic heterocycles. The van der Waals surface area contributed by atoms with Crippen LogP contribution in [0.5, 0.6) is 5.75 Å². The zero-order valence-corrected chi connectivity index (χ0v) is 14.2. The fourth-order valence-corrected chi connectivity index (χ4v) is 2.17. The van der Waals surface area contributed by atoms with Gasteiger partial charge in [0.05, 0.1) is 6.61 Å². The van der Waals surface area contributed by atoms with Crippen LogP contribution in [-0.4, -0.2) is 24.2 Å². The highest BCUT2D eigenvalue weighted by atomic mass is 16.5. The number of benzene rings is 2. The van der Waals surface area contributed by atoms with Crippen molar-refractivity contribution in [1.82, 2.24) is 0 Å². The minimum absolute atomic E-state index is 0.0932. The third-order valence-corrected chi connectivity index (χ3v) is 3.32. The lowest BCUT2D eigenvalue weighted by molar-refractivity contribution is -0.123. The smallest absolute Gasteiger partial charge is 0.233 e. The highest BCUT2D eigenvalue weighted by Gasteiger charge is 2.11. The first-order valence-corrected chi connectivity index (χ1v) is 7.91. The summed E-state index contributed by atoms with van der Waals surface area (Å²) in [5.74, 6) is -0.263. The Morgan fingerprint density at radius 3 is 2.16 bits per heavy atom. The molecular weight excluding hydrogens is 320 g/mol. The predicted molar refractivity (Wildman–Crippen MR) is 95.9 cm³/mol. The lowest BCUT2D eigenvalue weighted by Crippen LogP contribution is -2.21. The molecule has 2 aromatic rings. The maximum atomic E-state index is 12.0. The van der Waals surface area contributed by atoms with Gasteiger partial charge < -0.3 is 15.4 Å². The fraction of sp³-hybridized carbons (Fsp3) is 0.211. The molecule has 130 valence electrons. The van der Waals surface area contributed by atoms with Gasteiger partial charge in [-0.2, -0.15) is 0 Å². The first-order valence-electron chi connectivity index (χ1n) is 7.91. The molecule has 0 saturated heterocycles. The van der Waals surface area contributed by atoms with Crippen LogP contribution in [0.1, 0.15) is 30.6 Å². The van der Waals surface area contributed by atoms with Crippen molar-refractivity contribution >= 4 is 29.0 Å². The van der Waals surface area contributed by atoms with Crippen molar-refractivity contribution in [2.45, 2.75) is 20.3 Å². The van der Waals surface area contributed by atoms with Crippen LogP contribution in [0.15, 0.2) is 48.5 Å². The first kappa shape index (κ1) is 18.2. The molecule has 0 atom stereocenters. The summed E-state index contributed by atoms with van der Waals surface area (Å²) >= 11 is 0. The Labute approximate surface area is 146 Å². The average molecular weight is 340 g/mol. The number of rotatable bonds is 7. The van der Waals surface area contributed by atoms with E-state index in [0.717, 1.165) is 0 Å². The van der Waals surface area contributed by atoms with Crippen LogP contribution in [0.3, 0.4) is 0 Å². The summed E-state index contributed by atoms with van der Waals surface area (Å²) in [7, 11) is 0. The minimum Gasteiger partial charge on any atom is -0.494 e. The van der Waals surface area contributed by atoms with E-state index < -0.39 is 11.8 Å². The summed E-state index contributed by atoms with van der Waals surface area (Å²) in [4.78, 5) is 35.2. The molecule has 2 amide bonds. The number of amides is 2. The van der Waals surface area contributed by atoms with Gasteiger partial charge in [0.15, 0.2) is 5.78 Å². The Morgan fingerprint density at radius 1 is 0.920 bits per heavy atom. The number of ether oxygens (including phenoxy) is 1. The van der Waals surface area contributed by atoms with E-state index in [1.165, 1.54) is 6.92 Å². The van der Waals surface area contributed by atoms with Crippen molar-refractivity contribution in [3.63, 3.8) is 0 Å². The van der Waals surface area contributed by atoms with Crippen molar-refractivity contribution in [1.29, 1.82) is 0 Å². The van der Waals surface area contributed by atoms with Gasteiger partial charge in [-0.05, 0) is 50.2 Å². The topological polar surface area (TPSA) is 84.5 Å². The van der Waals surface area contributed by atoms with Crippen molar-refractivity contribution < 1.29 is 19.1 Å². The fourth-order valence-electron chi connectivity index (χ4n) is 2.17. The summed E-state index contributed by atoms with van der Waals surface area (Å²) in [5.41, 5.74) is 1.56. The predicted octanol–water partition coefficient (Wildman–Crippen LogP) is 3.26. The number of Topliss-reactive ketones (excluding diaryl/α,β-unsaturated/α-hetero) is 1. The number of anilines is 2. The van der Waals surface area contributed by atoms with Crippen LogP contribution in [0.25, 0.3) is 0 Å². The lowest BCUT2D eigenvalue weighted by atomic mass is 10.1. The van der Waals surface area contributed by atoms with Gasteiger partial charge in [0.25, 0.3) is 0 Å². The van der Waals surface area contributed by atoms with E-state index >= 15 is 0 Å². The molecule has 6 nitrogen and oxygen atoms in total. The molecule has 0 bridgehead atoms. The van der Waals surface area contributed by atoms with Crippen molar-refractivity contribution in [3.8, 4) is 5.75 Å². The number of nitrogens with one attached hydrogen (secondary N) is 2. The van der Waals surface area contributed by atoms with Crippen molar-refractivity contribution in [2.75, 3.05) is 17.2 Å². The van der Waals surface area contributed by atoms with E-state index in [4.69, 9.17) is 4.74 Å². The summed E-state index contributed by atoms with van der Waals surface area (Å²) in [6.07, 6.45) is -0.322. The highest BCUT2D eigenvalue weighted by Crippen LogP contribution is 2.16. The largest absolute Gasteiger partial charge is 0.494 e. The molecule has 2 rings (SSSR count). The number of ketones is 1. The Morgan fingerprint density at radius 2 is 1.56 bits per heavy atom. The molecule has 0 unspecified atom stereocenters. The Bertz CT molecular complexity index is 769. The normalized spacial score (nSPS) is 10.0. The van der Waals surface area contributed by atoms with E-state index in [-0.39, 0.29) is 12.2 Å². The molecule has 2 N–H and O–H groups in total. The van der Waals surface area contributed by atoms with E-state index in [9.17, 15) is 14.4 Å². The molecule has 0 radical (unpaired) electrons. The number of hydrogen-bond acceptors (Lipinski definition) is 4. The summed E-state index contributed by atoms with van der Waals surface area (Å²) in [6, 6.07) is 13.5. The van der Waals surface area contributed by atoms with E-state index in [2.05, 4.69) is 10.6 Å². The second-order valence-corrected chi connectivity index (χ2v) is 5.37. The lowest BCUT2D eigenvalue weighted by Gasteiger charge is -2.08. The molecular formula is C19H20N2O4. The maximum absolute atomic E-state index is 12.0. The summed E-state index contributed by atoms with van der Waals surface area (Å²) in [5, 5.41) is 5.26. The molecule has 0 aliphatic rings. The van der Waals surface area contributed by atoms with Crippen LogP contribution in [0, 0.1) is 0 Å². The van der Waals surface area contributed by atoms with E-state index in [1.54, 1.807) is 48.5 Å². The van der Waals surface area contributed by atoms with Gasteiger partial charge in [0, 0.05) is 16.9 Å². The molecule has 0 aliphatic carbocycles. The molecule has 0 saturated carbocycles. The maximum Gasteiger partial charge on any atom is 0.233 e. The second-order valence-electron chi connectivity index (χ2n) is 5.37. The third kappa shape index (κ3) is 5.76. The average Bonchev–Trinajstić information content (AvgIpc) is 2.57. The molecule has 0 fully saturated rings. The number of hydrogen-bond donors (Lipinski definition) is 2. The summed E-state index contributed by atoms with van der Waals surface area (Å²) < 4.78 is 5.32. The monoisotopic (exact) mass is 340 g/mol. The molecule has 6 heteroatoms. The second kappa shape index (κ2) is 8.63. The SMILES string of the molecule is CCOc1ccc(NC(=O)CC(=O)Nc2cccc(C(C)=O)c2)cc1. The molecule has 0 aliphatic heterocycles. The molecule has 0 heterocycles. The van der Waals surface area contributed by atoms with Gasteiger partial charge in [-0.25, -0.2) is 0 Å². The summed E-state index contributed by atoms with van der Waals surface area (Å²) in [6.45, 7) is 3.91. The quantitative estimate of drug-likeness (QED) is 0.598. The Hall–Kier alpha value is -3.15. The number of carbonyl (C=O) groups is 3. The third-order valence-electron chi connectivity index (χ3n) is 3.32. The first-order chi connectivity index (χ1) is 12.0. The van der Waals surface area contributed by atoms with Gasteiger partial charge in [0.1, 0.15) is 12.2 Å². The highest BCUT2D eigenvalue weighted by molar-refractivity contribution is 6.08. The Balaban J connectivity index is 1.88. The van der Waals surface area contributed by atoms with Gasteiger partial charge in [0.2, 0.25) is 11.8 Å². The molecule has 2 aromatic carbocycles. The van der Waals surface area contributed by atoms with E-state index in [0.29, 0.717) is 29.3 Å². The Kier molecular flexibility index (Phi) is 6.28. The minimum atomic E-state index is -0.455. The van der Waals surface area contributed by atoms with Crippen LogP contribution in [0.2, 0.25) is 0 Å². The van der Waals surface area contributed by atoms with Crippen LogP contribution in [0.4, 0.5) is 11.4 Å². The van der Waals surface area contributed by atoms with E-state index in [1.807, 2.05) is 6.92 Å². The van der Waals surface area contributed by atoms with Gasteiger partial charge in [-0.3, -0.25) is 14.4 Å². The zero-order chi connectivity index (χ0) is 18.2.